The van der Waals surface area contributed by atoms with Crippen LogP contribution in [0.1, 0.15) is 18.9 Å². The molecule has 2 amide bonds. The molecular weight excluding hydrogens is 411 g/mol. The Kier molecular flexibility index (Phi) is 8.67. The molecule has 0 fully saturated rings. The number of carboxylic acids is 1. The zero-order valence-corrected chi connectivity index (χ0v) is 17.2. The average Bonchev–Trinajstić information content (AvgIpc) is 2.71. The third kappa shape index (κ3) is 7.07. The van der Waals surface area contributed by atoms with Crippen molar-refractivity contribution in [2.75, 3.05) is 5.75 Å². The Labute approximate surface area is 176 Å². The van der Waals surface area contributed by atoms with Gasteiger partial charge in [0.15, 0.2) is 0 Å². The molecule has 7 nitrogen and oxygen atoms in total. The lowest BCUT2D eigenvalue weighted by molar-refractivity contribution is -0.142. The number of carbonyl (C=O) groups is 3. The Balaban J connectivity index is 2.06. The van der Waals surface area contributed by atoms with Crippen LogP contribution in [-0.2, 0) is 31.6 Å². The zero-order chi connectivity index (χ0) is 22.1. The number of hydrogen-bond donors (Lipinski definition) is 3. The van der Waals surface area contributed by atoms with Crippen LogP contribution in [0.3, 0.4) is 0 Å². The highest BCUT2D eigenvalue weighted by molar-refractivity contribution is 7.85. The van der Waals surface area contributed by atoms with E-state index >= 15 is 0 Å². The van der Waals surface area contributed by atoms with Gasteiger partial charge in [-0.2, -0.15) is 0 Å². The van der Waals surface area contributed by atoms with Gasteiger partial charge in [-0.25, -0.2) is 9.18 Å². The molecule has 0 spiro atoms. The first-order valence-corrected chi connectivity index (χ1v) is 10.6. The summed E-state index contributed by atoms with van der Waals surface area (Å²) in [5.41, 5.74) is 0.212. The molecule has 0 aliphatic heterocycles. The van der Waals surface area contributed by atoms with E-state index in [9.17, 15) is 28.1 Å². The van der Waals surface area contributed by atoms with Crippen LogP contribution >= 0.6 is 0 Å². The topological polar surface area (TPSA) is 113 Å². The third-order valence-corrected chi connectivity index (χ3v) is 5.69. The highest BCUT2D eigenvalue weighted by Crippen LogP contribution is 2.11. The molecule has 0 saturated heterocycles. The lowest BCUT2D eigenvalue weighted by Gasteiger charge is -2.21. The summed E-state index contributed by atoms with van der Waals surface area (Å²) in [5.74, 6) is -3.07. The van der Waals surface area contributed by atoms with Crippen molar-refractivity contribution < 1.29 is 28.1 Å². The van der Waals surface area contributed by atoms with Gasteiger partial charge >= 0.3 is 5.97 Å². The van der Waals surface area contributed by atoms with Crippen molar-refractivity contribution in [2.45, 2.75) is 36.7 Å². The van der Waals surface area contributed by atoms with Crippen LogP contribution in [-0.4, -0.2) is 44.9 Å². The number of amides is 2. The highest BCUT2D eigenvalue weighted by Gasteiger charge is 2.27. The van der Waals surface area contributed by atoms with Crippen LogP contribution < -0.4 is 10.6 Å². The highest BCUT2D eigenvalue weighted by atomic mass is 32.2. The SMILES string of the molecule is CC(=O)N[C@H](Cc1ccccc1F)C(=O)N[C@@H](CC[S@@](=O)c1ccccc1)C(=O)O. The molecule has 0 saturated carbocycles. The molecule has 3 N–H and O–H groups in total. The molecule has 0 heterocycles. The summed E-state index contributed by atoms with van der Waals surface area (Å²) < 4.78 is 26.3. The molecular formula is C21H23FN2O5S. The molecule has 2 rings (SSSR count). The van der Waals surface area contributed by atoms with E-state index < -0.39 is 46.5 Å². The maximum Gasteiger partial charge on any atom is 0.326 e. The molecule has 0 radical (unpaired) electrons. The number of benzene rings is 2. The predicted molar refractivity (Wildman–Crippen MR) is 110 cm³/mol. The standard InChI is InChI=1S/C21H23FN2O5S/c1-14(25)23-19(13-15-7-5-6-10-17(15)22)20(26)24-18(21(27)28)11-12-30(29)16-8-3-2-4-9-16/h2-10,18-19H,11-13H2,1H3,(H,23,25)(H,24,26)(H,27,28)/t18-,19+,30+/m0/s1. The van der Waals surface area contributed by atoms with E-state index in [-0.39, 0.29) is 24.2 Å². The minimum atomic E-state index is -1.42. The zero-order valence-electron chi connectivity index (χ0n) is 16.3. The summed E-state index contributed by atoms with van der Waals surface area (Å²) in [6, 6.07) is 11.9. The van der Waals surface area contributed by atoms with Gasteiger partial charge in [0.05, 0.1) is 10.8 Å². The van der Waals surface area contributed by atoms with Crippen molar-refractivity contribution in [3.05, 3.63) is 66.0 Å². The van der Waals surface area contributed by atoms with Crippen molar-refractivity contribution >= 4 is 28.6 Å². The fourth-order valence-corrected chi connectivity index (χ4v) is 3.93. The molecule has 30 heavy (non-hydrogen) atoms. The molecule has 160 valence electrons. The first kappa shape index (κ1) is 23.2. The van der Waals surface area contributed by atoms with E-state index in [1.165, 1.54) is 25.1 Å². The Morgan fingerprint density at radius 1 is 1.00 bits per heavy atom. The van der Waals surface area contributed by atoms with E-state index in [0.717, 1.165) is 0 Å². The van der Waals surface area contributed by atoms with Crippen molar-refractivity contribution in [2.24, 2.45) is 0 Å². The summed E-state index contributed by atoms with van der Waals surface area (Å²) in [5, 5.41) is 14.2. The van der Waals surface area contributed by atoms with Crippen LogP contribution in [0.15, 0.2) is 59.5 Å². The van der Waals surface area contributed by atoms with Gasteiger partial charge in [0.2, 0.25) is 11.8 Å². The van der Waals surface area contributed by atoms with Crippen molar-refractivity contribution in [1.82, 2.24) is 10.6 Å². The molecule has 3 atom stereocenters. The Morgan fingerprint density at radius 2 is 1.63 bits per heavy atom. The lowest BCUT2D eigenvalue weighted by Crippen LogP contribution is -2.52. The first-order valence-electron chi connectivity index (χ1n) is 9.25. The molecule has 0 aromatic heterocycles. The van der Waals surface area contributed by atoms with Gasteiger partial charge < -0.3 is 15.7 Å². The van der Waals surface area contributed by atoms with Crippen LogP contribution in [0.25, 0.3) is 0 Å². The Bertz CT molecular complexity index is 923. The minimum absolute atomic E-state index is 0.0272. The number of aliphatic carboxylic acids is 1. The summed E-state index contributed by atoms with van der Waals surface area (Å²) in [4.78, 5) is 36.3. The quantitative estimate of drug-likeness (QED) is 0.526. The third-order valence-electron chi connectivity index (χ3n) is 4.29. The fourth-order valence-electron chi connectivity index (χ4n) is 2.78. The second kappa shape index (κ2) is 11.2. The number of rotatable bonds is 10. The average molecular weight is 434 g/mol. The van der Waals surface area contributed by atoms with Gasteiger partial charge in [0.1, 0.15) is 17.9 Å². The largest absolute Gasteiger partial charge is 0.480 e. The molecule has 0 bridgehead atoms. The smallest absolute Gasteiger partial charge is 0.326 e. The maximum absolute atomic E-state index is 13.9. The second-order valence-corrected chi connectivity index (χ2v) is 8.17. The summed E-state index contributed by atoms with van der Waals surface area (Å²) >= 11 is 0. The number of hydrogen-bond acceptors (Lipinski definition) is 4. The summed E-state index contributed by atoms with van der Waals surface area (Å²) in [7, 11) is -1.42. The van der Waals surface area contributed by atoms with Crippen LogP contribution in [0.5, 0.6) is 0 Å². The minimum Gasteiger partial charge on any atom is -0.480 e. The Hall–Kier alpha value is -3.07. The fraction of sp³-hybridized carbons (Fsp3) is 0.286. The summed E-state index contributed by atoms with van der Waals surface area (Å²) in [6.07, 6.45) is -0.213. The van der Waals surface area contributed by atoms with Crippen molar-refractivity contribution in [3.63, 3.8) is 0 Å². The molecule has 0 unspecified atom stereocenters. The van der Waals surface area contributed by atoms with Crippen LogP contribution in [0.2, 0.25) is 0 Å². The van der Waals surface area contributed by atoms with Gasteiger partial charge in [-0.15, -0.1) is 0 Å². The van der Waals surface area contributed by atoms with Crippen LogP contribution in [0, 0.1) is 5.82 Å². The van der Waals surface area contributed by atoms with Gasteiger partial charge in [-0.1, -0.05) is 36.4 Å². The van der Waals surface area contributed by atoms with E-state index in [0.29, 0.717) is 4.90 Å². The number of nitrogens with one attached hydrogen (secondary N) is 2. The predicted octanol–water partition coefficient (Wildman–Crippen LogP) is 1.64. The van der Waals surface area contributed by atoms with E-state index in [1.807, 2.05) is 0 Å². The van der Waals surface area contributed by atoms with Crippen LogP contribution in [0.4, 0.5) is 4.39 Å². The van der Waals surface area contributed by atoms with Gasteiger partial charge in [0.25, 0.3) is 0 Å². The molecule has 9 heteroatoms. The molecule has 0 aliphatic rings. The van der Waals surface area contributed by atoms with Crippen molar-refractivity contribution in [1.29, 1.82) is 0 Å². The van der Waals surface area contributed by atoms with Gasteiger partial charge in [0, 0.05) is 24.0 Å². The monoisotopic (exact) mass is 434 g/mol. The van der Waals surface area contributed by atoms with Gasteiger partial charge in [-0.3, -0.25) is 13.8 Å². The van der Waals surface area contributed by atoms with E-state index in [4.69, 9.17) is 0 Å². The van der Waals surface area contributed by atoms with Crippen molar-refractivity contribution in [3.8, 4) is 0 Å². The second-order valence-electron chi connectivity index (χ2n) is 6.60. The lowest BCUT2D eigenvalue weighted by atomic mass is 10.0. The first-order chi connectivity index (χ1) is 14.3. The van der Waals surface area contributed by atoms with Gasteiger partial charge in [-0.05, 0) is 30.2 Å². The maximum atomic E-state index is 13.9. The van der Waals surface area contributed by atoms with E-state index in [2.05, 4.69) is 10.6 Å². The normalized spacial score (nSPS) is 13.7. The Morgan fingerprint density at radius 3 is 2.23 bits per heavy atom. The molecule has 0 aliphatic carbocycles. The molecule has 2 aromatic rings. The molecule has 2 aromatic carbocycles. The number of carboxylic acid groups (broad SMARTS) is 1. The number of carbonyl (C=O) groups excluding carboxylic acids is 2. The van der Waals surface area contributed by atoms with E-state index in [1.54, 1.807) is 36.4 Å². The number of halogens is 1. The summed E-state index contributed by atoms with van der Waals surface area (Å²) in [6.45, 7) is 1.21.